The average molecular weight is 411 g/mol. The van der Waals surface area contributed by atoms with Crippen molar-refractivity contribution in [2.75, 3.05) is 6.61 Å². The number of benzene rings is 2. The van der Waals surface area contributed by atoms with E-state index in [1.807, 2.05) is 12.1 Å². The Morgan fingerprint density at radius 1 is 1.03 bits per heavy atom. The van der Waals surface area contributed by atoms with E-state index in [-0.39, 0.29) is 10.8 Å². The highest BCUT2D eigenvalue weighted by atomic mass is 28.4. The first kappa shape index (κ1) is 23.3. The number of hydrogen-bond donors (Lipinski definition) is 1. The molecule has 3 nitrogen and oxygen atoms in total. The third-order valence-corrected chi connectivity index (χ3v) is 10.4. The third-order valence-electron chi connectivity index (χ3n) is 5.40. The van der Waals surface area contributed by atoms with Crippen LogP contribution in [0.15, 0.2) is 72.8 Å². The lowest BCUT2D eigenvalue weighted by molar-refractivity contribution is -0.114. The van der Waals surface area contributed by atoms with Gasteiger partial charge in [-0.25, -0.2) is 0 Å². The normalized spacial score (nSPS) is 13.1. The van der Waals surface area contributed by atoms with Crippen molar-refractivity contribution >= 4 is 24.5 Å². The van der Waals surface area contributed by atoms with Gasteiger partial charge >= 0.3 is 0 Å². The van der Waals surface area contributed by atoms with E-state index in [4.69, 9.17) is 4.43 Å². The first-order valence-corrected chi connectivity index (χ1v) is 12.2. The number of Topliss-reactive ketones (excluding diaryl/α,β-unsaturated/α-hetero) is 1. The van der Waals surface area contributed by atoms with Crippen LogP contribution in [-0.4, -0.2) is 31.9 Å². The summed E-state index contributed by atoms with van der Waals surface area (Å²) in [5.41, 5.74) is 0.477. The zero-order valence-electron chi connectivity index (χ0n) is 18.2. The molecule has 0 heterocycles. The molecule has 4 heteroatoms. The van der Waals surface area contributed by atoms with Crippen LogP contribution in [0, 0.1) is 0 Å². The Balaban J connectivity index is 2.21. The van der Waals surface area contributed by atoms with Crippen LogP contribution in [0.4, 0.5) is 0 Å². The molecule has 0 saturated heterocycles. The number of carbonyl (C=O) groups excluding carboxylic acids is 1. The lowest BCUT2D eigenvalue weighted by Gasteiger charge is -2.43. The predicted octanol–water partition coefficient (Wildman–Crippen LogP) is 4.24. The predicted molar refractivity (Wildman–Crippen MR) is 123 cm³/mol. The molecule has 2 aromatic carbocycles. The van der Waals surface area contributed by atoms with Crippen LogP contribution in [0.25, 0.3) is 0 Å². The van der Waals surface area contributed by atoms with E-state index in [2.05, 4.69) is 75.9 Å². The molecule has 0 radical (unpaired) electrons. The lowest BCUT2D eigenvalue weighted by atomic mass is 10.0. The number of ketones is 1. The van der Waals surface area contributed by atoms with Gasteiger partial charge in [0.1, 0.15) is 0 Å². The van der Waals surface area contributed by atoms with E-state index in [0.29, 0.717) is 25.0 Å². The van der Waals surface area contributed by atoms with Crippen molar-refractivity contribution < 1.29 is 14.3 Å². The molecule has 0 aliphatic carbocycles. The number of carbonyl (C=O) groups is 1. The van der Waals surface area contributed by atoms with Crippen LogP contribution in [0.3, 0.4) is 0 Å². The van der Waals surface area contributed by atoms with Gasteiger partial charge in [0.05, 0.1) is 6.10 Å². The summed E-state index contributed by atoms with van der Waals surface area (Å²) >= 11 is 0. The lowest BCUT2D eigenvalue weighted by Crippen LogP contribution is -2.66. The summed E-state index contributed by atoms with van der Waals surface area (Å²) in [6.45, 7) is 12.6. The van der Waals surface area contributed by atoms with E-state index >= 15 is 0 Å². The summed E-state index contributed by atoms with van der Waals surface area (Å²) in [6, 6.07) is 21.1. The fourth-order valence-corrected chi connectivity index (χ4v) is 8.44. The second-order valence-corrected chi connectivity index (χ2v) is 13.0. The Labute approximate surface area is 176 Å². The molecule has 0 aliphatic heterocycles. The summed E-state index contributed by atoms with van der Waals surface area (Å²) in [5, 5.41) is 12.7. The molecular weight excluding hydrogens is 376 g/mol. The Morgan fingerprint density at radius 3 is 1.93 bits per heavy atom. The van der Waals surface area contributed by atoms with Gasteiger partial charge < -0.3 is 9.53 Å². The van der Waals surface area contributed by atoms with Crippen molar-refractivity contribution in [3.8, 4) is 0 Å². The Bertz CT molecular complexity index is 754. The smallest absolute Gasteiger partial charge is 0.261 e. The summed E-state index contributed by atoms with van der Waals surface area (Å²) in [4.78, 5) is 11.3. The molecule has 2 aromatic rings. The first-order chi connectivity index (χ1) is 13.7. The highest BCUT2D eigenvalue weighted by Gasteiger charge is 2.49. The minimum absolute atomic E-state index is 0.0583. The van der Waals surface area contributed by atoms with Crippen LogP contribution < -0.4 is 10.4 Å². The fraction of sp³-hybridized carbons (Fsp3) is 0.400. The zero-order valence-corrected chi connectivity index (χ0v) is 19.2. The largest absolute Gasteiger partial charge is 0.407 e. The van der Waals surface area contributed by atoms with E-state index in [1.165, 1.54) is 17.3 Å². The molecule has 156 valence electrons. The van der Waals surface area contributed by atoms with E-state index in [0.717, 1.165) is 6.42 Å². The quantitative estimate of drug-likeness (QED) is 0.362. The molecule has 0 fully saturated rings. The first-order valence-electron chi connectivity index (χ1n) is 10.3. The number of aliphatic hydroxyl groups excluding tert-OH is 1. The molecule has 0 aliphatic rings. The van der Waals surface area contributed by atoms with Crippen molar-refractivity contribution in [3.63, 3.8) is 0 Å². The molecule has 0 saturated carbocycles. The molecule has 0 spiro atoms. The maximum Gasteiger partial charge on any atom is 0.261 e. The maximum atomic E-state index is 11.3. The van der Waals surface area contributed by atoms with Gasteiger partial charge in [-0.1, -0.05) is 88.0 Å². The summed E-state index contributed by atoms with van der Waals surface area (Å²) in [5.74, 6) is -0.0624. The van der Waals surface area contributed by atoms with Gasteiger partial charge in [-0.15, -0.1) is 0 Å². The van der Waals surface area contributed by atoms with E-state index in [1.54, 1.807) is 0 Å². The molecule has 0 unspecified atom stereocenters. The summed E-state index contributed by atoms with van der Waals surface area (Å²) < 4.78 is 6.81. The molecule has 0 bridgehead atoms. The van der Waals surface area contributed by atoms with Gasteiger partial charge in [0.2, 0.25) is 0 Å². The third kappa shape index (κ3) is 5.75. The molecular formula is C25H34O3Si. The monoisotopic (exact) mass is 410 g/mol. The van der Waals surface area contributed by atoms with Gasteiger partial charge in [-0.3, -0.25) is 4.79 Å². The average Bonchev–Trinajstić information content (AvgIpc) is 2.68. The molecule has 2 rings (SSSR count). The second-order valence-electron chi connectivity index (χ2n) is 8.67. The minimum atomic E-state index is -2.52. The van der Waals surface area contributed by atoms with Crippen LogP contribution in [0.1, 0.15) is 47.0 Å². The van der Waals surface area contributed by atoms with Crippen molar-refractivity contribution in [2.24, 2.45) is 0 Å². The van der Waals surface area contributed by atoms with E-state index in [9.17, 15) is 9.90 Å². The molecule has 1 N–H and O–H groups in total. The van der Waals surface area contributed by atoms with Crippen LogP contribution >= 0.6 is 0 Å². The van der Waals surface area contributed by atoms with Gasteiger partial charge in [-0.05, 0) is 40.8 Å². The summed E-state index contributed by atoms with van der Waals surface area (Å²) in [6.07, 6.45) is 1.09. The van der Waals surface area contributed by atoms with Gasteiger partial charge in [0.25, 0.3) is 8.32 Å². The highest BCUT2D eigenvalue weighted by Crippen LogP contribution is 2.36. The number of hydrogen-bond acceptors (Lipinski definition) is 3. The molecule has 0 amide bonds. The van der Waals surface area contributed by atoms with Crippen LogP contribution in [0.5, 0.6) is 0 Å². The fourth-order valence-electron chi connectivity index (χ4n) is 3.84. The minimum Gasteiger partial charge on any atom is -0.407 e. The molecule has 0 aromatic heterocycles. The van der Waals surface area contributed by atoms with Crippen molar-refractivity contribution in [2.45, 2.75) is 58.1 Å². The maximum absolute atomic E-state index is 11.3. The van der Waals surface area contributed by atoms with Crippen molar-refractivity contribution in [3.05, 3.63) is 72.8 Å². The van der Waals surface area contributed by atoms with Gasteiger partial charge in [0, 0.05) is 13.0 Å². The Hall–Kier alpha value is -2.01. The Morgan fingerprint density at radius 2 is 1.52 bits per heavy atom. The van der Waals surface area contributed by atoms with E-state index < -0.39 is 14.4 Å². The topological polar surface area (TPSA) is 46.5 Å². The Kier molecular flexibility index (Phi) is 8.14. The molecule has 1 atom stereocenters. The summed E-state index contributed by atoms with van der Waals surface area (Å²) in [7, 11) is -2.52. The number of aliphatic hydroxyl groups is 1. The SMILES string of the molecule is C=C(C[C@@H](O)CCCO[Si](c1ccccc1)(c1ccccc1)C(C)(C)C)C(C)=O. The number of rotatable bonds is 10. The molecule has 29 heavy (non-hydrogen) atoms. The van der Waals surface area contributed by atoms with Crippen molar-refractivity contribution in [1.82, 2.24) is 0 Å². The highest BCUT2D eigenvalue weighted by molar-refractivity contribution is 6.99. The standard InChI is InChI=1S/C25H34O3Si/c1-20(21(2)26)19-22(27)13-12-18-28-29(25(3,4)5,23-14-8-6-9-15-23)24-16-10-7-11-17-24/h6-11,14-17,22,27H,1,12-13,18-19H2,2-5H3/t22-/m0/s1. The van der Waals surface area contributed by atoms with Crippen LogP contribution in [0.2, 0.25) is 5.04 Å². The van der Waals surface area contributed by atoms with Crippen molar-refractivity contribution in [1.29, 1.82) is 0 Å². The second kappa shape index (κ2) is 10.1. The van der Waals surface area contributed by atoms with Crippen LogP contribution in [-0.2, 0) is 9.22 Å². The van der Waals surface area contributed by atoms with Gasteiger partial charge in [-0.2, -0.15) is 0 Å². The van der Waals surface area contributed by atoms with Gasteiger partial charge in [0.15, 0.2) is 5.78 Å². The zero-order chi connectivity index (χ0) is 21.5.